The molecule has 0 amide bonds. The summed E-state index contributed by atoms with van der Waals surface area (Å²) < 4.78 is 5.19. The number of ether oxygens (including phenoxy) is 1. The van der Waals surface area contributed by atoms with Crippen LogP contribution in [-0.2, 0) is 9.53 Å². The van der Waals surface area contributed by atoms with Gasteiger partial charge in [-0.1, -0.05) is 13.3 Å². The molecule has 13 heavy (non-hydrogen) atoms. The zero-order chi connectivity index (χ0) is 9.26. The SMILES string of the molecule is CCCCOC(=O)C1C2CNC1C2. The Morgan fingerprint density at radius 3 is 3.00 bits per heavy atom. The van der Waals surface area contributed by atoms with Crippen LogP contribution in [0.5, 0.6) is 0 Å². The van der Waals surface area contributed by atoms with Gasteiger partial charge in [0.2, 0.25) is 0 Å². The summed E-state index contributed by atoms with van der Waals surface area (Å²) in [4.78, 5) is 11.5. The van der Waals surface area contributed by atoms with Crippen LogP contribution in [0.15, 0.2) is 0 Å². The van der Waals surface area contributed by atoms with E-state index in [1.165, 1.54) is 6.42 Å². The first kappa shape index (κ1) is 9.00. The van der Waals surface area contributed by atoms with E-state index in [1.54, 1.807) is 0 Å². The molecule has 0 spiro atoms. The van der Waals surface area contributed by atoms with Gasteiger partial charge in [-0.3, -0.25) is 4.79 Å². The van der Waals surface area contributed by atoms with Crippen LogP contribution < -0.4 is 5.32 Å². The van der Waals surface area contributed by atoms with Gasteiger partial charge in [-0.2, -0.15) is 0 Å². The van der Waals surface area contributed by atoms with Gasteiger partial charge in [0.05, 0.1) is 12.5 Å². The number of esters is 1. The number of carbonyl (C=O) groups excluding carboxylic acids is 1. The van der Waals surface area contributed by atoms with Crippen molar-refractivity contribution in [2.75, 3.05) is 13.2 Å². The van der Waals surface area contributed by atoms with Crippen LogP contribution in [0.1, 0.15) is 26.2 Å². The van der Waals surface area contributed by atoms with Gasteiger partial charge in [-0.05, 0) is 25.3 Å². The first-order valence-corrected chi connectivity index (χ1v) is 5.23. The van der Waals surface area contributed by atoms with Crippen molar-refractivity contribution in [2.24, 2.45) is 11.8 Å². The minimum Gasteiger partial charge on any atom is -0.465 e. The van der Waals surface area contributed by atoms with Crippen molar-refractivity contribution in [1.29, 1.82) is 0 Å². The van der Waals surface area contributed by atoms with Crippen LogP contribution in [0.2, 0.25) is 0 Å². The molecule has 2 bridgehead atoms. The van der Waals surface area contributed by atoms with Crippen LogP contribution in [0.3, 0.4) is 0 Å². The number of unbranched alkanes of at least 4 members (excludes halogenated alkanes) is 1. The quantitative estimate of drug-likeness (QED) is 0.520. The Labute approximate surface area is 78.8 Å². The Morgan fingerprint density at radius 2 is 2.46 bits per heavy atom. The highest BCUT2D eigenvalue weighted by Crippen LogP contribution is 2.40. The van der Waals surface area contributed by atoms with E-state index in [0.29, 0.717) is 18.6 Å². The van der Waals surface area contributed by atoms with Gasteiger partial charge in [0.15, 0.2) is 0 Å². The van der Waals surface area contributed by atoms with Crippen LogP contribution in [0.25, 0.3) is 0 Å². The van der Waals surface area contributed by atoms with E-state index in [-0.39, 0.29) is 11.9 Å². The third-order valence-electron chi connectivity index (χ3n) is 3.15. The maximum Gasteiger partial charge on any atom is 0.310 e. The van der Waals surface area contributed by atoms with Gasteiger partial charge >= 0.3 is 5.97 Å². The second-order valence-corrected chi connectivity index (χ2v) is 4.06. The molecule has 1 N–H and O–H groups in total. The minimum atomic E-state index is 0.0275. The molecule has 3 unspecified atom stereocenters. The molecule has 3 fully saturated rings. The molecule has 1 saturated carbocycles. The lowest BCUT2D eigenvalue weighted by atomic mass is 9.74. The molecule has 1 aliphatic carbocycles. The van der Waals surface area contributed by atoms with E-state index in [2.05, 4.69) is 12.2 Å². The fourth-order valence-electron chi connectivity index (χ4n) is 2.25. The fraction of sp³-hybridized carbons (Fsp3) is 0.900. The highest BCUT2D eigenvalue weighted by molar-refractivity contribution is 5.75. The van der Waals surface area contributed by atoms with Crippen LogP contribution >= 0.6 is 0 Å². The summed E-state index contributed by atoms with van der Waals surface area (Å²) in [5, 5.41) is 3.31. The summed E-state index contributed by atoms with van der Waals surface area (Å²) in [5.41, 5.74) is 0. The number of rotatable bonds is 4. The number of nitrogens with one attached hydrogen (secondary N) is 1. The van der Waals surface area contributed by atoms with Crippen LogP contribution in [0.4, 0.5) is 0 Å². The monoisotopic (exact) mass is 183 g/mol. The molecule has 3 aliphatic rings. The second-order valence-electron chi connectivity index (χ2n) is 4.06. The molecule has 3 rings (SSSR count). The number of fused-ring (bicyclic) bond motifs is 1. The molecule has 2 saturated heterocycles. The van der Waals surface area contributed by atoms with Gasteiger partial charge < -0.3 is 10.1 Å². The maximum atomic E-state index is 11.5. The number of hydrogen-bond acceptors (Lipinski definition) is 3. The first-order valence-electron chi connectivity index (χ1n) is 5.23. The van der Waals surface area contributed by atoms with Crippen molar-refractivity contribution in [1.82, 2.24) is 5.32 Å². The van der Waals surface area contributed by atoms with Gasteiger partial charge in [0, 0.05) is 6.04 Å². The standard InChI is InChI=1S/C10H17NO2/c1-2-3-4-13-10(12)9-7-5-8(9)11-6-7/h7-9,11H,2-6H2,1H3. The fourth-order valence-corrected chi connectivity index (χ4v) is 2.25. The van der Waals surface area contributed by atoms with Crippen molar-refractivity contribution in [3.05, 3.63) is 0 Å². The van der Waals surface area contributed by atoms with Crippen molar-refractivity contribution in [3.63, 3.8) is 0 Å². The summed E-state index contributed by atoms with van der Waals surface area (Å²) in [5.74, 6) is 0.774. The normalized spacial score (nSPS) is 35.6. The largest absolute Gasteiger partial charge is 0.465 e. The molecule has 0 aromatic rings. The van der Waals surface area contributed by atoms with Crippen molar-refractivity contribution in [2.45, 2.75) is 32.2 Å². The Kier molecular flexibility index (Phi) is 2.54. The molecule has 3 nitrogen and oxygen atoms in total. The molecule has 74 valence electrons. The molecule has 2 aliphatic heterocycles. The Bertz CT molecular complexity index is 191. The third kappa shape index (κ3) is 1.57. The van der Waals surface area contributed by atoms with E-state index in [1.807, 2.05) is 0 Å². The second kappa shape index (κ2) is 3.66. The van der Waals surface area contributed by atoms with E-state index in [9.17, 15) is 4.79 Å². The van der Waals surface area contributed by atoms with Gasteiger partial charge in [0.1, 0.15) is 0 Å². The topological polar surface area (TPSA) is 38.3 Å². The highest BCUT2D eigenvalue weighted by Gasteiger charge is 2.51. The molecule has 3 atom stereocenters. The van der Waals surface area contributed by atoms with Crippen LogP contribution in [0, 0.1) is 11.8 Å². The molecule has 0 aromatic carbocycles. The summed E-state index contributed by atoms with van der Waals surface area (Å²) in [6.45, 7) is 3.71. The lowest BCUT2D eigenvalue weighted by Gasteiger charge is -2.32. The number of hydrogen-bond donors (Lipinski definition) is 1. The average molecular weight is 183 g/mol. The van der Waals surface area contributed by atoms with Gasteiger partial charge in [0.25, 0.3) is 0 Å². The Morgan fingerprint density at radius 1 is 1.62 bits per heavy atom. The van der Waals surface area contributed by atoms with E-state index in [4.69, 9.17) is 4.74 Å². The van der Waals surface area contributed by atoms with Gasteiger partial charge in [-0.15, -0.1) is 0 Å². The number of carbonyl (C=O) groups is 1. The zero-order valence-electron chi connectivity index (χ0n) is 8.08. The molecule has 3 heteroatoms. The molecule has 2 heterocycles. The maximum absolute atomic E-state index is 11.5. The predicted octanol–water partition coefficient (Wildman–Crippen LogP) is 0.938. The van der Waals surface area contributed by atoms with Gasteiger partial charge in [-0.25, -0.2) is 0 Å². The zero-order valence-corrected chi connectivity index (χ0v) is 8.08. The predicted molar refractivity (Wildman–Crippen MR) is 49.3 cm³/mol. The van der Waals surface area contributed by atoms with E-state index >= 15 is 0 Å². The van der Waals surface area contributed by atoms with E-state index < -0.39 is 0 Å². The smallest absolute Gasteiger partial charge is 0.310 e. The average Bonchev–Trinajstić information content (AvgIpc) is 2.64. The Hall–Kier alpha value is -0.570. The minimum absolute atomic E-state index is 0.0275. The van der Waals surface area contributed by atoms with E-state index in [0.717, 1.165) is 19.4 Å². The summed E-state index contributed by atoms with van der Waals surface area (Å²) in [6.07, 6.45) is 3.25. The molecule has 0 radical (unpaired) electrons. The lowest BCUT2D eigenvalue weighted by Crippen LogP contribution is -2.43. The van der Waals surface area contributed by atoms with Crippen molar-refractivity contribution >= 4 is 5.97 Å². The summed E-state index contributed by atoms with van der Waals surface area (Å²) >= 11 is 0. The van der Waals surface area contributed by atoms with Crippen LogP contribution in [-0.4, -0.2) is 25.2 Å². The Balaban J connectivity index is 1.72. The molecular formula is C10H17NO2. The van der Waals surface area contributed by atoms with Crippen molar-refractivity contribution < 1.29 is 9.53 Å². The highest BCUT2D eigenvalue weighted by atomic mass is 16.5. The van der Waals surface area contributed by atoms with Crippen molar-refractivity contribution in [3.8, 4) is 0 Å². The summed E-state index contributed by atoms with van der Waals surface area (Å²) in [7, 11) is 0. The molecule has 0 aromatic heterocycles. The lowest BCUT2D eigenvalue weighted by molar-refractivity contribution is -0.153. The first-order chi connectivity index (χ1) is 6.33. The molecular weight excluding hydrogens is 166 g/mol. The third-order valence-corrected chi connectivity index (χ3v) is 3.15. The summed E-state index contributed by atoms with van der Waals surface area (Å²) in [6, 6.07) is 0.430.